The molecule has 0 amide bonds. The van der Waals surface area contributed by atoms with Gasteiger partial charge in [-0.2, -0.15) is 0 Å². The van der Waals surface area contributed by atoms with E-state index in [1.165, 1.54) is 28.4 Å². The molecule has 0 bridgehead atoms. The van der Waals surface area contributed by atoms with E-state index in [-0.39, 0.29) is 5.60 Å². The average molecular weight is 280 g/mol. The third-order valence-electron chi connectivity index (χ3n) is 4.06. The Balaban J connectivity index is 1.78. The van der Waals surface area contributed by atoms with Crippen molar-refractivity contribution in [2.45, 2.75) is 70.6 Å². The van der Waals surface area contributed by atoms with Gasteiger partial charge in [0.1, 0.15) is 10.6 Å². The van der Waals surface area contributed by atoms with Crippen LogP contribution in [0.2, 0.25) is 0 Å². The van der Waals surface area contributed by atoms with Crippen LogP contribution in [-0.4, -0.2) is 17.6 Å². The molecule has 19 heavy (non-hydrogen) atoms. The summed E-state index contributed by atoms with van der Waals surface area (Å²) in [4.78, 5) is 6.34. The smallest absolute Gasteiger partial charge is 0.125 e. The number of aryl methyl sites for hydroxylation is 1. The van der Waals surface area contributed by atoms with Crippen LogP contribution in [0.3, 0.4) is 0 Å². The molecule has 2 aliphatic rings. The summed E-state index contributed by atoms with van der Waals surface area (Å²) in [6.45, 7) is 6.31. The molecule has 1 unspecified atom stereocenters. The third-order valence-corrected chi connectivity index (χ3v) is 5.41. The van der Waals surface area contributed by atoms with E-state index in [0.29, 0.717) is 0 Å². The first-order valence-corrected chi connectivity index (χ1v) is 8.39. The Morgan fingerprint density at radius 2 is 2.32 bits per heavy atom. The van der Waals surface area contributed by atoms with Crippen molar-refractivity contribution in [3.05, 3.63) is 15.6 Å². The predicted molar refractivity (Wildman–Crippen MR) is 78.5 cm³/mol. The van der Waals surface area contributed by atoms with Gasteiger partial charge in [0.25, 0.3) is 0 Å². The fourth-order valence-electron chi connectivity index (χ4n) is 2.65. The highest BCUT2D eigenvalue weighted by Gasteiger charge is 2.35. The van der Waals surface area contributed by atoms with Gasteiger partial charge < -0.3 is 10.1 Å². The molecule has 1 saturated carbocycles. The minimum absolute atomic E-state index is 0.120. The largest absolute Gasteiger partial charge is 0.368 e. The molecule has 1 aromatic heterocycles. The molecule has 1 saturated heterocycles. The van der Waals surface area contributed by atoms with E-state index in [1.54, 1.807) is 0 Å². The Labute approximate surface area is 119 Å². The van der Waals surface area contributed by atoms with Crippen LogP contribution in [0.25, 0.3) is 0 Å². The molecular weight excluding hydrogens is 256 g/mol. The molecule has 2 fully saturated rings. The lowest BCUT2D eigenvalue weighted by Crippen LogP contribution is -2.19. The van der Waals surface area contributed by atoms with Crippen molar-refractivity contribution in [1.82, 2.24) is 10.3 Å². The summed E-state index contributed by atoms with van der Waals surface area (Å²) < 4.78 is 5.94. The fraction of sp³-hybridized carbons (Fsp3) is 0.800. The Kier molecular flexibility index (Phi) is 3.92. The van der Waals surface area contributed by atoms with Crippen molar-refractivity contribution in [3.63, 3.8) is 0 Å². The second-order valence-electron chi connectivity index (χ2n) is 5.98. The van der Waals surface area contributed by atoms with E-state index in [0.717, 1.165) is 44.9 Å². The van der Waals surface area contributed by atoms with Crippen molar-refractivity contribution in [2.75, 3.05) is 6.61 Å². The van der Waals surface area contributed by atoms with E-state index in [9.17, 15) is 0 Å². The van der Waals surface area contributed by atoms with Gasteiger partial charge in [0.2, 0.25) is 0 Å². The predicted octanol–water partition coefficient (Wildman–Crippen LogP) is 3.37. The molecule has 3 nitrogen and oxygen atoms in total. The van der Waals surface area contributed by atoms with Crippen molar-refractivity contribution in [3.8, 4) is 0 Å². The van der Waals surface area contributed by atoms with Gasteiger partial charge in [0, 0.05) is 24.1 Å². The van der Waals surface area contributed by atoms with Crippen molar-refractivity contribution in [2.24, 2.45) is 0 Å². The van der Waals surface area contributed by atoms with Gasteiger partial charge in [-0.05, 0) is 39.0 Å². The van der Waals surface area contributed by atoms with Gasteiger partial charge >= 0.3 is 0 Å². The van der Waals surface area contributed by atoms with Crippen molar-refractivity contribution < 1.29 is 4.74 Å². The lowest BCUT2D eigenvalue weighted by atomic mass is 10.0. The van der Waals surface area contributed by atoms with Gasteiger partial charge in [-0.3, -0.25) is 0 Å². The highest BCUT2D eigenvalue weighted by atomic mass is 32.1. The summed E-state index contributed by atoms with van der Waals surface area (Å²) in [5.41, 5.74) is 1.18. The molecular formula is C15H24N2OS. The fourth-order valence-corrected chi connectivity index (χ4v) is 3.84. The maximum atomic E-state index is 5.94. The summed E-state index contributed by atoms with van der Waals surface area (Å²) >= 11 is 1.87. The first-order chi connectivity index (χ1) is 9.21. The van der Waals surface area contributed by atoms with Crippen LogP contribution in [0.15, 0.2) is 0 Å². The van der Waals surface area contributed by atoms with Gasteiger partial charge in [-0.25, -0.2) is 4.98 Å². The molecule has 3 rings (SSSR count). The molecule has 0 radical (unpaired) electrons. The zero-order chi connectivity index (χ0) is 13.3. The monoisotopic (exact) mass is 280 g/mol. The molecule has 1 N–H and O–H groups in total. The Morgan fingerprint density at radius 3 is 2.95 bits per heavy atom. The Hall–Kier alpha value is -0.450. The van der Waals surface area contributed by atoms with Crippen LogP contribution in [-0.2, 0) is 23.3 Å². The van der Waals surface area contributed by atoms with Crippen molar-refractivity contribution in [1.29, 1.82) is 0 Å². The van der Waals surface area contributed by atoms with E-state index < -0.39 is 0 Å². The van der Waals surface area contributed by atoms with Crippen LogP contribution in [0.1, 0.15) is 61.5 Å². The first-order valence-electron chi connectivity index (χ1n) is 7.57. The number of hydrogen-bond acceptors (Lipinski definition) is 4. The van der Waals surface area contributed by atoms with Crippen LogP contribution < -0.4 is 5.32 Å². The van der Waals surface area contributed by atoms with Crippen LogP contribution in [0.5, 0.6) is 0 Å². The normalized spacial score (nSPS) is 27.1. The lowest BCUT2D eigenvalue weighted by Gasteiger charge is -2.19. The van der Waals surface area contributed by atoms with Gasteiger partial charge in [-0.15, -0.1) is 11.3 Å². The van der Waals surface area contributed by atoms with Crippen LogP contribution >= 0.6 is 11.3 Å². The topological polar surface area (TPSA) is 34.1 Å². The molecule has 1 aliphatic carbocycles. The van der Waals surface area contributed by atoms with Crippen LogP contribution in [0.4, 0.5) is 0 Å². The summed E-state index contributed by atoms with van der Waals surface area (Å²) in [5, 5.41) is 4.81. The second-order valence-corrected chi connectivity index (χ2v) is 7.06. The highest BCUT2D eigenvalue weighted by Crippen LogP contribution is 2.39. The molecule has 1 atom stereocenters. The highest BCUT2D eigenvalue weighted by molar-refractivity contribution is 7.11. The van der Waals surface area contributed by atoms with Gasteiger partial charge in [0.05, 0.1) is 5.69 Å². The molecule has 1 aliphatic heterocycles. The zero-order valence-electron chi connectivity index (χ0n) is 12.0. The summed E-state index contributed by atoms with van der Waals surface area (Å²) in [5.74, 6) is 0. The molecule has 0 spiro atoms. The molecule has 106 valence electrons. The van der Waals surface area contributed by atoms with Crippen molar-refractivity contribution >= 4 is 11.3 Å². The summed E-state index contributed by atoms with van der Waals surface area (Å²) in [6, 6.07) is 0.762. The minimum Gasteiger partial charge on any atom is -0.368 e. The van der Waals surface area contributed by atoms with Gasteiger partial charge in [0.15, 0.2) is 0 Å². The van der Waals surface area contributed by atoms with Gasteiger partial charge in [-0.1, -0.05) is 13.3 Å². The molecule has 2 heterocycles. The maximum Gasteiger partial charge on any atom is 0.125 e. The third kappa shape index (κ3) is 3.01. The number of nitrogens with zero attached hydrogens (tertiary/aromatic N) is 1. The number of nitrogens with one attached hydrogen (secondary N) is 1. The second kappa shape index (κ2) is 5.51. The summed E-state index contributed by atoms with van der Waals surface area (Å²) in [7, 11) is 0. The molecule has 0 aromatic carbocycles. The number of ether oxygens (including phenoxy) is 1. The first kappa shape index (κ1) is 13.5. The quantitative estimate of drug-likeness (QED) is 0.867. The van der Waals surface area contributed by atoms with E-state index >= 15 is 0 Å². The standard InChI is InChI=1S/C15H24N2OS/c1-3-5-12-13(10-16-11-6-7-11)19-14(17-12)15(2)8-4-9-18-15/h11,16H,3-10H2,1-2H3. The molecule has 4 heteroatoms. The van der Waals surface area contributed by atoms with E-state index in [1.807, 2.05) is 11.3 Å². The number of rotatable bonds is 6. The Bertz CT molecular complexity index is 433. The minimum atomic E-state index is -0.120. The molecule has 1 aromatic rings. The zero-order valence-corrected chi connectivity index (χ0v) is 12.8. The van der Waals surface area contributed by atoms with E-state index in [2.05, 4.69) is 19.2 Å². The number of aromatic nitrogens is 1. The maximum absolute atomic E-state index is 5.94. The number of hydrogen-bond donors (Lipinski definition) is 1. The van der Waals surface area contributed by atoms with E-state index in [4.69, 9.17) is 9.72 Å². The summed E-state index contributed by atoms with van der Waals surface area (Å²) in [6.07, 6.45) is 7.22. The lowest BCUT2D eigenvalue weighted by molar-refractivity contribution is 0.0165. The van der Waals surface area contributed by atoms with Crippen LogP contribution in [0, 0.1) is 0 Å². The Morgan fingerprint density at radius 1 is 1.47 bits per heavy atom. The SMILES string of the molecule is CCCc1nc(C2(C)CCCO2)sc1CNC1CC1. The number of thiazole rings is 1. The average Bonchev–Trinajstić information content (AvgIpc) is 2.97.